The number of aliphatic hydroxyl groups excluding tert-OH is 1. The molecule has 2 N–H and O–H groups in total. The summed E-state index contributed by atoms with van der Waals surface area (Å²) in [6.45, 7) is 4.83. The van der Waals surface area contributed by atoms with Crippen LogP contribution in [0.5, 0.6) is 0 Å². The lowest BCUT2D eigenvalue weighted by Crippen LogP contribution is -2.70. The Morgan fingerprint density at radius 2 is 1.85 bits per heavy atom. The minimum Gasteiger partial charge on any atom is -0.459 e. The molecule has 3 saturated carbocycles. The van der Waals surface area contributed by atoms with E-state index in [0.717, 1.165) is 13.8 Å². The first-order valence-corrected chi connectivity index (χ1v) is 11.6. The molecule has 0 heterocycles. The Balaban J connectivity index is 1.83. The van der Waals surface area contributed by atoms with Crippen LogP contribution in [0.3, 0.4) is 0 Å². The minimum absolute atomic E-state index is 0.0420. The van der Waals surface area contributed by atoms with Crippen molar-refractivity contribution in [3.63, 3.8) is 0 Å². The van der Waals surface area contributed by atoms with E-state index in [4.69, 9.17) is 9.47 Å². The fraction of sp³-hybridized carbons (Fsp3) is 0.680. The normalized spacial score (nSPS) is 44.9. The standard InChI is InChI=1S/C25H31FO8/c1-13(27)33-12-20(31)25(32)19(30)10-18-17-6-5-15-9-16(29)7-8-22(15,3)24(17,26)21(34-14(2)28)11-23(18,25)4/h7-9,17-19,21,30,32H,5-6,10-12H2,1-4H3/t17-,18-,19+,21+,22+,23+,24-,25-/m1/s1. The lowest BCUT2D eigenvalue weighted by molar-refractivity contribution is -0.231. The molecule has 0 radical (unpaired) electrons. The molecule has 186 valence electrons. The monoisotopic (exact) mass is 478 g/mol. The van der Waals surface area contributed by atoms with Crippen LogP contribution in [0.15, 0.2) is 23.8 Å². The molecule has 0 unspecified atom stereocenters. The first kappa shape index (κ1) is 24.7. The van der Waals surface area contributed by atoms with Crippen LogP contribution in [0.25, 0.3) is 0 Å². The number of aliphatic hydroxyl groups is 2. The second kappa shape index (κ2) is 7.81. The van der Waals surface area contributed by atoms with E-state index in [9.17, 15) is 29.4 Å². The molecule has 0 spiro atoms. The molecule has 0 aromatic heterocycles. The third-order valence-electron chi connectivity index (χ3n) is 8.98. The van der Waals surface area contributed by atoms with E-state index in [0.29, 0.717) is 12.0 Å². The van der Waals surface area contributed by atoms with Crippen molar-refractivity contribution in [2.24, 2.45) is 22.7 Å². The fourth-order valence-corrected chi connectivity index (χ4v) is 7.30. The maximum atomic E-state index is 17.5. The first-order chi connectivity index (χ1) is 15.7. The van der Waals surface area contributed by atoms with Gasteiger partial charge in [0, 0.05) is 30.6 Å². The summed E-state index contributed by atoms with van der Waals surface area (Å²) >= 11 is 0. The van der Waals surface area contributed by atoms with Crippen molar-refractivity contribution in [1.82, 2.24) is 0 Å². The number of carbonyl (C=O) groups is 4. The van der Waals surface area contributed by atoms with Crippen LogP contribution in [-0.4, -0.2) is 63.8 Å². The van der Waals surface area contributed by atoms with Crippen LogP contribution in [0.4, 0.5) is 4.39 Å². The largest absolute Gasteiger partial charge is 0.459 e. The SMILES string of the molecule is CC(=O)OCC(=O)[C@]1(O)[C@@H](O)C[C@@H]2[C@H]3CCC4=CC(=O)C=C[C@]4(C)[C@]3(F)[C@@H](OC(C)=O)C[C@@]21C. The number of ketones is 2. The zero-order chi connectivity index (χ0) is 25.3. The molecule has 9 heteroatoms. The highest BCUT2D eigenvalue weighted by molar-refractivity contribution is 6.01. The van der Waals surface area contributed by atoms with E-state index in [-0.39, 0.29) is 25.0 Å². The van der Waals surface area contributed by atoms with Gasteiger partial charge in [-0.15, -0.1) is 0 Å². The van der Waals surface area contributed by atoms with E-state index in [1.54, 1.807) is 13.8 Å². The number of alkyl halides is 1. The zero-order valence-corrected chi connectivity index (χ0v) is 19.8. The molecule has 0 aromatic carbocycles. The summed E-state index contributed by atoms with van der Waals surface area (Å²) in [5.74, 6) is -3.95. The highest BCUT2D eigenvalue weighted by Crippen LogP contribution is 2.70. The van der Waals surface area contributed by atoms with Gasteiger partial charge in [0.2, 0.25) is 5.78 Å². The number of halogens is 1. The maximum Gasteiger partial charge on any atom is 0.303 e. The number of allylic oxidation sites excluding steroid dienone is 4. The van der Waals surface area contributed by atoms with Crippen LogP contribution < -0.4 is 0 Å². The van der Waals surface area contributed by atoms with Crippen molar-refractivity contribution in [3.05, 3.63) is 23.8 Å². The number of esters is 2. The van der Waals surface area contributed by atoms with Gasteiger partial charge in [0.1, 0.15) is 6.10 Å². The van der Waals surface area contributed by atoms with E-state index >= 15 is 4.39 Å². The van der Waals surface area contributed by atoms with Crippen LogP contribution in [-0.2, 0) is 28.7 Å². The summed E-state index contributed by atoms with van der Waals surface area (Å²) in [7, 11) is 0. The number of hydrogen-bond acceptors (Lipinski definition) is 8. The topological polar surface area (TPSA) is 127 Å². The Bertz CT molecular complexity index is 1020. The molecular formula is C25H31FO8. The zero-order valence-electron chi connectivity index (χ0n) is 19.8. The van der Waals surface area contributed by atoms with Crippen molar-refractivity contribution < 1.29 is 43.3 Å². The number of Topliss-reactive ketones (excluding diaryl/α,β-unsaturated/α-hetero) is 1. The number of carbonyl (C=O) groups excluding carboxylic acids is 4. The smallest absolute Gasteiger partial charge is 0.303 e. The number of ether oxygens (including phenoxy) is 2. The van der Waals surface area contributed by atoms with Crippen molar-refractivity contribution in [3.8, 4) is 0 Å². The van der Waals surface area contributed by atoms with Gasteiger partial charge in [-0.3, -0.25) is 19.2 Å². The molecular weight excluding hydrogens is 447 g/mol. The van der Waals surface area contributed by atoms with E-state index in [1.807, 2.05) is 0 Å². The first-order valence-electron chi connectivity index (χ1n) is 11.6. The number of hydrogen-bond donors (Lipinski definition) is 2. The van der Waals surface area contributed by atoms with Crippen molar-refractivity contribution in [1.29, 1.82) is 0 Å². The Labute approximate surface area is 197 Å². The molecule has 0 aliphatic heterocycles. The summed E-state index contributed by atoms with van der Waals surface area (Å²) in [6.07, 6.45) is 1.84. The highest BCUT2D eigenvalue weighted by Gasteiger charge is 2.77. The molecule has 3 fully saturated rings. The number of fused-ring (bicyclic) bond motifs is 5. The quantitative estimate of drug-likeness (QED) is 0.586. The molecule has 0 amide bonds. The highest BCUT2D eigenvalue weighted by atomic mass is 19.1. The predicted octanol–water partition coefficient (Wildman–Crippen LogP) is 1.76. The summed E-state index contributed by atoms with van der Waals surface area (Å²) in [6, 6.07) is 0. The Hall–Kier alpha value is -2.39. The molecule has 4 aliphatic rings. The average molecular weight is 479 g/mol. The average Bonchev–Trinajstić information content (AvgIpc) is 2.94. The second-order valence-corrected chi connectivity index (χ2v) is 10.6. The molecule has 0 saturated heterocycles. The molecule has 8 atom stereocenters. The van der Waals surface area contributed by atoms with E-state index < -0.39 is 70.5 Å². The van der Waals surface area contributed by atoms with E-state index in [1.165, 1.54) is 18.2 Å². The third-order valence-corrected chi connectivity index (χ3v) is 8.98. The van der Waals surface area contributed by atoms with E-state index in [2.05, 4.69) is 0 Å². The van der Waals surface area contributed by atoms with Crippen molar-refractivity contribution >= 4 is 23.5 Å². The van der Waals surface area contributed by atoms with Gasteiger partial charge in [-0.2, -0.15) is 0 Å². The van der Waals surface area contributed by atoms with Crippen LogP contribution in [0.1, 0.15) is 53.4 Å². The van der Waals surface area contributed by atoms with Crippen molar-refractivity contribution in [2.45, 2.75) is 76.9 Å². The van der Waals surface area contributed by atoms with Gasteiger partial charge in [-0.25, -0.2) is 4.39 Å². The summed E-state index contributed by atoms with van der Waals surface area (Å²) in [5, 5.41) is 22.6. The van der Waals surface area contributed by atoms with Crippen molar-refractivity contribution in [2.75, 3.05) is 6.61 Å². The summed E-state index contributed by atoms with van der Waals surface area (Å²) in [4.78, 5) is 48.4. The Morgan fingerprint density at radius 3 is 2.47 bits per heavy atom. The van der Waals surface area contributed by atoms with Gasteiger partial charge in [0.05, 0.1) is 6.10 Å². The number of rotatable bonds is 4. The Kier molecular flexibility index (Phi) is 5.68. The summed E-state index contributed by atoms with van der Waals surface area (Å²) in [5.41, 5.74) is -6.43. The lowest BCUT2D eigenvalue weighted by Gasteiger charge is -2.62. The van der Waals surface area contributed by atoms with Gasteiger partial charge in [-0.1, -0.05) is 18.6 Å². The predicted molar refractivity (Wildman–Crippen MR) is 116 cm³/mol. The summed E-state index contributed by atoms with van der Waals surface area (Å²) < 4.78 is 27.9. The van der Waals surface area contributed by atoms with Crippen LogP contribution >= 0.6 is 0 Å². The molecule has 4 rings (SSSR count). The molecule has 0 aromatic rings. The fourth-order valence-electron chi connectivity index (χ4n) is 7.30. The third kappa shape index (κ3) is 3.09. The van der Waals surface area contributed by atoms with Crippen LogP contribution in [0.2, 0.25) is 0 Å². The van der Waals surface area contributed by atoms with Gasteiger partial charge < -0.3 is 19.7 Å². The Morgan fingerprint density at radius 1 is 1.18 bits per heavy atom. The molecule has 34 heavy (non-hydrogen) atoms. The molecule has 4 aliphatic carbocycles. The minimum atomic E-state index is -2.32. The van der Waals surface area contributed by atoms with Gasteiger partial charge >= 0.3 is 11.9 Å². The maximum absolute atomic E-state index is 17.5. The van der Waals surface area contributed by atoms with Gasteiger partial charge in [0.25, 0.3) is 0 Å². The van der Waals surface area contributed by atoms with Crippen LogP contribution in [0, 0.1) is 22.7 Å². The molecule has 0 bridgehead atoms. The van der Waals surface area contributed by atoms with Gasteiger partial charge in [0.15, 0.2) is 23.7 Å². The lowest BCUT2D eigenvalue weighted by atomic mass is 9.44. The van der Waals surface area contributed by atoms with Gasteiger partial charge in [-0.05, 0) is 50.7 Å². The second-order valence-electron chi connectivity index (χ2n) is 10.6. The molecule has 8 nitrogen and oxygen atoms in total.